The average molecular weight is 300 g/mol. The molecule has 3 heterocycles. The zero-order valence-electron chi connectivity index (χ0n) is 12.8. The number of ketones is 1. The number of rotatable bonds is 3. The summed E-state index contributed by atoms with van der Waals surface area (Å²) < 4.78 is 12.0. The lowest BCUT2D eigenvalue weighted by atomic mass is 9.35. The number of ether oxygens (including phenoxy) is 2. The summed E-state index contributed by atoms with van der Waals surface area (Å²) in [4.78, 5) is 12.8. The summed E-state index contributed by atoms with van der Waals surface area (Å²) in [7, 11) is 0. The molecular formula is C18H20O4. The smallest absolute Gasteiger partial charge is 0.175 e. The van der Waals surface area contributed by atoms with Gasteiger partial charge in [-0.1, -0.05) is 37.3 Å². The van der Waals surface area contributed by atoms with E-state index in [2.05, 4.69) is 13.8 Å². The number of carbonyl (C=O) groups excluding carboxylic acids is 1. The van der Waals surface area contributed by atoms with Crippen LogP contribution in [0.2, 0.25) is 0 Å². The predicted octanol–water partition coefficient (Wildman–Crippen LogP) is 2.51. The first-order valence-corrected chi connectivity index (χ1v) is 8.01. The van der Waals surface area contributed by atoms with Crippen LogP contribution in [0.25, 0.3) is 0 Å². The number of benzene rings is 1. The molecule has 0 aromatic heterocycles. The summed E-state index contributed by atoms with van der Waals surface area (Å²) in [6, 6.07) is 9.38. The minimum Gasteiger partial charge on any atom is -0.365 e. The van der Waals surface area contributed by atoms with E-state index in [1.54, 1.807) is 0 Å². The Kier molecular flexibility index (Phi) is 2.09. The van der Waals surface area contributed by atoms with Crippen molar-refractivity contribution in [3.05, 3.63) is 35.9 Å². The summed E-state index contributed by atoms with van der Waals surface area (Å²) >= 11 is 0. The van der Waals surface area contributed by atoms with Gasteiger partial charge < -0.3 is 14.6 Å². The summed E-state index contributed by atoms with van der Waals surface area (Å²) in [5.41, 5.74) is -0.135. The summed E-state index contributed by atoms with van der Waals surface area (Å²) in [5.74, 6) is -0.978. The standard InChI is InChI=1S/C18H20O4/c1-15-9-13-17(15,8-12(19)11-6-4-3-5-7-11)14-21-16(15,2)10-18(13,20)22-14/h3-7,13-14,20H,8-10H2,1-2H3/t13-,14?,15+,16-,17?,18+/m0/s1. The van der Waals surface area contributed by atoms with E-state index in [-0.39, 0.29) is 22.5 Å². The molecule has 0 spiro atoms. The van der Waals surface area contributed by atoms with Crippen LogP contribution >= 0.6 is 0 Å². The second-order valence-electron chi connectivity index (χ2n) is 7.92. The van der Waals surface area contributed by atoms with Crippen molar-refractivity contribution in [3.63, 3.8) is 0 Å². The topological polar surface area (TPSA) is 55.8 Å². The van der Waals surface area contributed by atoms with Crippen LogP contribution in [0.15, 0.2) is 30.3 Å². The first-order valence-electron chi connectivity index (χ1n) is 8.01. The van der Waals surface area contributed by atoms with Crippen LogP contribution in [0, 0.1) is 16.7 Å². The lowest BCUT2D eigenvalue weighted by Crippen LogP contribution is -2.72. The zero-order chi connectivity index (χ0) is 15.4. The molecule has 0 radical (unpaired) electrons. The van der Waals surface area contributed by atoms with Gasteiger partial charge in [0.1, 0.15) is 0 Å². The fraction of sp³-hybridized carbons (Fsp3) is 0.611. The normalized spacial score (nSPS) is 53.6. The number of carbonyl (C=O) groups is 1. The van der Waals surface area contributed by atoms with Crippen molar-refractivity contribution in [1.29, 1.82) is 0 Å². The second-order valence-corrected chi connectivity index (χ2v) is 7.92. The molecule has 3 aliphatic heterocycles. The van der Waals surface area contributed by atoms with E-state index in [0.29, 0.717) is 12.8 Å². The molecule has 4 heteroatoms. The van der Waals surface area contributed by atoms with Crippen LogP contribution in [0.5, 0.6) is 0 Å². The van der Waals surface area contributed by atoms with Gasteiger partial charge in [0.25, 0.3) is 0 Å². The fourth-order valence-electron chi connectivity index (χ4n) is 5.87. The third-order valence-corrected chi connectivity index (χ3v) is 7.21. The van der Waals surface area contributed by atoms with Gasteiger partial charge >= 0.3 is 0 Å². The molecule has 0 amide bonds. The van der Waals surface area contributed by atoms with E-state index in [0.717, 1.165) is 12.0 Å². The molecule has 3 saturated carbocycles. The van der Waals surface area contributed by atoms with E-state index in [4.69, 9.17) is 9.47 Å². The van der Waals surface area contributed by atoms with E-state index >= 15 is 0 Å². The molecule has 2 unspecified atom stereocenters. The van der Waals surface area contributed by atoms with Gasteiger partial charge in [-0.2, -0.15) is 0 Å². The van der Waals surface area contributed by atoms with Gasteiger partial charge in [-0.05, 0) is 13.3 Å². The maximum atomic E-state index is 12.8. The molecule has 6 bridgehead atoms. The highest BCUT2D eigenvalue weighted by molar-refractivity contribution is 5.96. The molecule has 1 aromatic rings. The minimum absolute atomic E-state index is 0.0123. The quantitative estimate of drug-likeness (QED) is 0.872. The van der Waals surface area contributed by atoms with Crippen LogP contribution in [0.4, 0.5) is 0 Å². The Labute approximate surface area is 129 Å². The molecular weight excluding hydrogens is 280 g/mol. The molecule has 6 fully saturated rings. The molecule has 6 aliphatic rings. The van der Waals surface area contributed by atoms with Crippen LogP contribution in [-0.2, 0) is 9.47 Å². The van der Waals surface area contributed by atoms with E-state index in [1.165, 1.54) is 0 Å². The van der Waals surface area contributed by atoms with E-state index < -0.39 is 17.7 Å². The maximum Gasteiger partial charge on any atom is 0.175 e. The van der Waals surface area contributed by atoms with Crippen molar-refractivity contribution < 1.29 is 19.4 Å². The molecule has 1 aromatic carbocycles. The highest BCUT2D eigenvalue weighted by Gasteiger charge is 2.91. The Morgan fingerprint density at radius 3 is 2.73 bits per heavy atom. The van der Waals surface area contributed by atoms with Crippen molar-refractivity contribution >= 4 is 5.78 Å². The monoisotopic (exact) mass is 300 g/mol. The molecule has 4 nitrogen and oxygen atoms in total. The van der Waals surface area contributed by atoms with Crippen molar-refractivity contribution in [2.45, 2.75) is 50.8 Å². The lowest BCUT2D eigenvalue weighted by Gasteiger charge is -2.67. The van der Waals surface area contributed by atoms with Gasteiger partial charge in [-0.3, -0.25) is 4.79 Å². The second kappa shape index (κ2) is 3.48. The largest absolute Gasteiger partial charge is 0.365 e. The van der Waals surface area contributed by atoms with Crippen LogP contribution < -0.4 is 0 Å². The highest BCUT2D eigenvalue weighted by atomic mass is 16.8. The van der Waals surface area contributed by atoms with Crippen molar-refractivity contribution in [1.82, 2.24) is 0 Å². The summed E-state index contributed by atoms with van der Waals surface area (Å²) in [5, 5.41) is 10.8. The molecule has 3 saturated heterocycles. The van der Waals surface area contributed by atoms with Gasteiger partial charge in [0.2, 0.25) is 0 Å². The fourth-order valence-corrected chi connectivity index (χ4v) is 5.87. The number of hydrogen-bond acceptors (Lipinski definition) is 4. The van der Waals surface area contributed by atoms with Crippen molar-refractivity contribution in [3.8, 4) is 0 Å². The summed E-state index contributed by atoms with van der Waals surface area (Å²) in [6.07, 6.45) is 1.32. The van der Waals surface area contributed by atoms with Crippen LogP contribution in [-0.4, -0.2) is 28.6 Å². The summed E-state index contributed by atoms with van der Waals surface area (Å²) in [6.45, 7) is 4.27. The van der Waals surface area contributed by atoms with E-state index in [9.17, 15) is 9.90 Å². The maximum absolute atomic E-state index is 12.8. The minimum atomic E-state index is -1.10. The predicted molar refractivity (Wildman–Crippen MR) is 78.0 cm³/mol. The third-order valence-electron chi connectivity index (χ3n) is 7.21. The third kappa shape index (κ3) is 1.12. The number of hydrogen-bond donors (Lipinski definition) is 1. The van der Waals surface area contributed by atoms with Gasteiger partial charge in [0.15, 0.2) is 17.9 Å². The molecule has 1 N–H and O–H groups in total. The first kappa shape index (κ1) is 13.2. The Hall–Kier alpha value is -1.23. The van der Waals surface area contributed by atoms with Gasteiger partial charge in [0.05, 0.1) is 5.60 Å². The lowest BCUT2D eigenvalue weighted by molar-refractivity contribution is -0.370. The Bertz CT molecular complexity index is 688. The van der Waals surface area contributed by atoms with Gasteiger partial charge in [-0.25, -0.2) is 0 Å². The highest BCUT2D eigenvalue weighted by Crippen LogP contribution is 2.85. The average Bonchev–Trinajstić information content (AvgIpc) is 2.66. The Balaban J connectivity index is 1.57. The SMILES string of the molecule is C[C@]12C[C@H]3C1(CC(=O)c1ccccc1)C1O[C@]3(O)C[C@]2(C)O1. The molecule has 22 heavy (non-hydrogen) atoms. The van der Waals surface area contributed by atoms with E-state index in [1.807, 2.05) is 30.3 Å². The molecule has 6 atom stereocenters. The molecule has 7 rings (SSSR count). The number of Topliss-reactive ketones (excluding diaryl/α,β-unsaturated/α-hetero) is 1. The van der Waals surface area contributed by atoms with Crippen LogP contribution in [0.1, 0.15) is 43.5 Å². The van der Waals surface area contributed by atoms with Crippen LogP contribution in [0.3, 0.4) is 0 Å². The Morgan fingerprint density at radius 2 is 2.00 bits per heavy atom. The van der Waals surface area contributed by atoms with Crippen molar-refractivity contribution in [2.24, 2.45) is 16.7 Å². The van der Waals surface area contributed by atoms with Gasteiger partial charge in [0, 0.05) is 35.2 Å². The van der Waals surface area contributed by atoms with Crippen molar-refractivity contribution in [2.75, 3.05) is 0 Å². The zero-order valence-corrected chi connectivity index (χ0v) is 12.8. The Morgan fingerprint density at radius 1 is 1.27 bits per heavy atom. The molecule has 116 valence electrons. The first-order chi connectivity index (χ1) is 10.3. The number of aliphatic hydroxyl groups is 1. The van der Waals surface area contributed by atoms with Gasteiger partial charge in [-0.15, -0.1) is 0 Å². The molecule has 3 aliphatic carbocycles.